The highest BCUT2D eigenvalue weighted by Gasteiger charge is 2.35. The Morgan fingerprint density at radius 3 is 2.79 bits per heavy atom. The second kappa shape index (κ2) is 10.2. The maximum absolute atomic E-state index is 10.4. The van der Waals surface area contributed by atoms with Gasteiger partial charge in [-0.1, -0.05) is 50.1 Å². The lowest BCUT2D eigenvalue weighted by atomic mass is 9.73. The van der Waals surface area contributed by atoms with Gasteiger partial charge in [0.2, 0.25) is 0 Å². The molecular formula is C21H32IN5O. The largest absolute Gasteiger partial charge is 0.392 e. The van der Waals surface area contributed by atoms with Gasteiger partial charge in [-0.2, -0.15) is 0 Å². The summed E-state index contributed by atoms with van der Waals surface area (Å²) < 4.78 is 0. The van der Waals surface area contributed by atoms with Gasteiger partial charge >= 0.3 is 0 Å². The normalized spacial score (nSPS) is 22.4. The number of hydrogen-bond acceptors (Lipinski definition) is 3. The first-order valence-electron chi connectivity index (χ1n) is 9.71. The van der Waals surface area contributed by atoms with Crippen LogP contribution >= 0.6 is 24.0 Å². The van der Waals surface area contributed by atoms with Gasteiger partial charge in [0.05, 0.1) is 24.5 Å². The van der Waals surface area contributed by atoms with Gasteiger partial charge in [-0.3, -0.25) is 4.99 Å². The molecule has 3 N–H and O–H groups in total. The number of H-pyrrole nitrogens is 1. The van der Waals surface area contributed by atoms with Crippen molar-refractivity contribution in [2.45, 2.75) is 45.3 Å². The molecule has 1 aliphatic carbocycles. The van der Waals surface area contributed by atoms with E-state index >= 15 is 0 Å². The van der Waals surface area contributed by atoms with E-state index in [1.807, 2.05) is 36.3 Å². The number of aromatic amines is 1. The smallest absolute Gasteiger partial charge is 0.193 e. The van der Waals surface area contributed by atoms with Crippen LogP contribution in [0.3, 0.4) is 0 Å². The van der Waals surface area contributed by atoms with E-state index in [0.717, 1.165) is 48.8 Å². The number of rotatable bonds is 5. The van der Waals surface area contributed by atoms with E-state index in [2.05, 4.69) is 39.3 Å². The molecule has 1 aromatic heterocycles. The molecule has 0 amide bonds. The van der Waals surface area contributed by atoms with Gasteiger partial charge < -0.3 is 20.3 Å². The van der Waals surface area contributed by atoms with Gasteiger partial charge in [-0.15, -0.1) is 24.0 Å². The third-order valence-corrected chi connectivity index (χ3v) is 5.60. The van der Waals surface area contributed by atoms with E-state index in [9.17, 15) is 5.11 Å². The van der Waals surface area contributed by atoms with E-state index in [1.165, 1.54) is 6.42 Å². The van der Waals surface area contributed by atoms with Crippen molar-refractivity contribution < 1.29 is 5.11 Å². The predicted octanol–water partition coefficient (Wildman–Crippen LogP) is 3.64. The summed E-state index contributed by atoms with van der Waals surface area (Å²) in [6.07, 6.45) is 5.85. The fourth-order valence-corrected chi connectivity index (χ4v) is 3.76. The summed E-state index contributed by atoms with van der Waals surface area (Å²) in [5.74, 6) is 1.70. The standard InChI is InChI=1S/C21H31N5O.HI/c1-21(12-8-7-11-18(21)27)15-24-20(22-2)26(3)14-19-23-13-17(25-19)16-9-5-4-6-10-16;/h4-6,9-10,13,18,27H,7-8,11-12,14-15H2,1-3H3,(H,22,24)(H,23,25);1H. The molecule has 2 unspecified atom stereocenters. The number of halogens is 1. The zero-order valence-electron chi connectivity index (χ0n) is 17.0. The van der Waals surface area contributed by atoms with Gasteiger partial charge in [-0.25, -0.2) is 4.98 Å². The minimum atomic E-state index is -0.249. The quantitative estimate of drug-likeness (QED) is 0.335. The highest BCUT2D eigenvalue weighted by Crippen LogP contribution is 2.35. The van der Waals surface area contributed by atoms with E-state index in [4.69, 9.17) is 0 Å². The number of nitrogens with zero attached hydrogens (tertiary/aromatic N) is 3. The van der Waals surface area contributed by atoms with E-state index < -0.39 is 0 Å². The number of aliphatic hydroxyl groups excluding tert-OH is 1. The van der Waals surface area contributed by atoms with Crippen molar-refractivity contribution in [3.05, 3.63) is 42.4 Å². The molecule has 2 aromatic rings. The van der Waals surface area contributed by atoms with Crippen LogP contribution in [0.4, 0.5) is 0 Å². The van der Waals surface area contributed by atoms with Crippen molar-refractivity contribution in [1.82, 2.24) is 20.2 Å². The van der Waals surface area contributed by atoms with Crippen molar-refractivity contribution in [2.24, 2.45) is 10.4 Å². The summed E-state index contributed by atoms with van der Waals surface area (Å²) in [6.45, 7) is 3.51. The lowest BCUT2D eigenvalue weighted by molar-refractivity contribution is 0.00368. The molecule has 1 aliphatic rings. The van der Waals surface area contributed by atoms with Crippen LogP contribution in [0.25, 0.3) is 11.3 Å². The van der Waals surface area contributed by atoms with Gasteiger partial charge in [0, 0.05) is 26.1 Å². The number of guanidine groups is 1. The first-order chi connectivity index (χ1) is 13.0. The third kappa shape index (κ3) is 5.47. The molecule has 1 heterocycles. The Bertz CT molecular complexity index is 763. The molecule has 1 fully saturated rings. The van der Waals surface area contributed by atoms with Crippen molar-refractivity contribution >= 4 is 29.9 Å². The number of benzene rings is 1. The molecule has 0 spiro atoms. The summed E-state index contributed by atoms with van der Waals surface area (Å²) in [4.78, 5) is 14.3. The molecule has 1 aromatic carbocycles. The summed E-state index contributed by atoms with van der Waals surface area (Å²) in [5.41, 5.74) is 2.04. The highest BCUT2D eigenvalue weighted by molar-refractivity contribution is 14.0. The molecule has 2 atom stereocenters. The van der Waals surface area contributed by atoms with Crippen LogP contribution in [0, 0.1) is 5.41 Å². The Kier molecular flexibility index (Phi) is 8.30. The molecule has 0 bridgehead atoms. The third-order valence-electron chi connectivity index (χ3n) is 5.60. The Morgan fingerprint density at radius 1 is 1.36 bits per heavy atom. The topological polar surface area (TPSA) is 76.5 Å². The zero-order valence-corrected chi connectivity index (χ0v) is 19.3. The molecule has 6 nitrogen and oxygen atoms in total. The minimum absolute atomic E-state index is 0. The number of aromatic nitrogens is 2. The predicted molar refractivity (Wildman–Crippen MR) is 125 cm³/mol. The van der Waals surface area contributed by atoms with Crippen LogP contribution in [0.15, 0.2) is 41.5 Å². The van der Waals surface area contributed by atoms with Gasteiger partial charge in [0.1, 0.15) is 5.82 Å². The Hall–Kier alpha value is -1.61. The summed E-state index contributed by atoms with van der Waals surface area (Å²) in [6, 6.07) is 10.2. The molecule has 0 aliphatic heterocycles. The van der Waals surface area contributed by atoms with Crippen LogP contribution in [-0.2, 0) is 6.54 Å². The summed E-state index contributed by atoms with van der Waals surface area (Å²) in [5, 5.41) is 13.8. The number of nitrogens with one attached hydrogen (secondary N) is 2. The van der Waals surface area contributed by atoms with Crippen LogP contribution in [0.5, 0.6) is 0 Å². The van der Waals surface area contributed by atoms with Gasteiger partial charge in [-0.05, 0) is 18.4 Å². The SMILES string of the molecule is CN=C(NCC1(C)CCCCC1O)N(C)Cc1ncc(-c2ccccc2)[nH]1.I. The average Bonchev–Trinajstić information content (AvgIpc) is 3.14. The van der Waals surface area contributed by atoms with Crippen LogP contribution < -0.4 is 5.32 Å². The molecule has 28 heavy (non-hydrogen) atoms. The molecule has 1 saturated carbocycles. The Morgan fingerprint density at radius 2 is 2.11 bits per heavy atom. The maximum Gasteiger partial charge on any atom is 0.193 e. The van der Waals surface area contributed by atoms with Crippen molar-refractivity contribution in [2.75, 3.05) is 20.6 Å². The van der Waals surface area contributed by atoms with E-state index in [0.29, 0.717) is 6.54 Å². The number of imidazole rings is 1. The van der Waals surface area contributed by atoms with Crippen molar-refractivity contribution in [1.29, 1.82) is 0 Å². The second-order valence-electron chi connectivity index (χ2n) is 7.78. The molecular weight excluding hydrogens is 465 g/mol. The van der Waals surface area contributed by atoms with Gasteiger partial charge in [0.25, 0.3) is 0 Å². The molecule has 3 rings (SSSR count). The van der Waals surface area contributed by atoms with Crippen LogP contribution in [0.1, 0.15) is 38.4 Å². The molecule has 0 radical (unpaired) electrons. The monoisotopic (exact) mass is 497 g/mol. The summed E-state index contributed by atoms with van der Waals surface area (Å²) >= 11 is 0. The lowest BCUT2D eigenvalue weighted by Gasteiger charge is -2.39. The Labute approximate surface area is 184 Å². The zero-order chi connectivity index (χ0) is 19.3. The minimum Gasteiger partial charge on any atom is -0.392 e. The molecule has 7 heteroatoms. The highest BCUT2D eigenvalue weighted by atomic mass is 127. The van der Waals surface area contributed by atoms with Crippen LogP contribution in [0.2, 0.25) is 0 Å². The number of hydrogen-bond donors (Lipinski definition) is 3. The molecule has 154 valence electrons. The first kappa shape index (κ1) is 22.7. The summed E-state index contributed by atoms with van der Waals surface area (Å²) in [7, 11) is 3.79. The fraction of sp³-hybridized carbons (Fsp3) is 0.524. The van der Waals surface area contributed by atoms with Crippen molar-refractivity contribution in [3.63, 3.8) is 0 Å². The van der Waals surface area contributed by atoms with Crippen LogP contribution in [-0.4, -0.2) is 52.7 Å². The average molecular weight is 497 g/mol. The first-order valence-corrected chi connectivity index (χ1v) is 9.71. The number of aliphatic imine (C=N–C) groups is 1. The molecule has 0 saturated heterocycles. The van der Waals surface area contributed by atoms with E-state index in [-0.39, 0.29) is 35.5 Å². The Balaban J connectivity index is 0.00000280. The number of aliphatic hydroxyl groups is 1. The maximum atomic E-state index is 10.4. The van der Waals surface area contributed by atoms with Crippen molar-refractivity contribution in [3.8, 4) is 11.3 Å². The lowest BCUT2D eigenvalue weighted by Crippen LogP contribution is -2.48. The second-order valence-corrected chi connectivity index (χ2v) is 7.78. The van der Waals surface area contributed by atoms with E-state index in [1.54, 1.807) is 7.05 Å². The van der Waals surface area contributed by atoms with Gasteiger partial charge in [0.15, 0.2) is 5.96 Å². The fourth-order valence-electron chi connectivity index (χ4n) is 3.76.